The minimum atomic E-state index is -0.587. The number of benzene rings is 2. The van der Waals surface area contributed by atoms with Gasteiger partial charge in [-0.3, -0.25) is 0 Å². The van der Waals surface area contributed by atoms with Gasteiger partial charge in [0.1, 0.15) is 18.5 Å². The third-order valence-electron chi connectivity index (χ3n) is 2.92. The maximum atomic E-state index is 10.0. The zero-order chi connectivity index (χ0) is 12.8. The fourth-order valence-electron chi connectivity index (χ4n) is 1.76. The summed E-state index contributed by atoms with van der Waals surface area (Å²) in [7, 11) is 0. The van der Waals surface area contributed by atoms with Crippen molar-refractivity contribution in [1.29, 1.82) is 0 Å². The first-order chi connectivity index (χ1) is 8.79. The zero-order valence-electron chi connectivity index (χ0n) is 10.5. The summed E-state index contributed by atoms with van der Waals surface area (Å²) in [5.74, 6) is 0.779. The van der Waals surface area contributed by atoms with Crippen LogP contribution in [-0.2, 0) is 6.42 Å². The number of aliphatic hydroxyl groups excluding tert-OH is 1. The van der Waals surface area contributed by atoms with Crippen LogP contribution in [0, 0.1) is 0 Å². The highest BCUT2D eigenvalue weighted by Gasteiger charge is 2.08. The highest BCUT2D eigenvalue weighted by Crippen LogP contribution is 2.16. The summed E-state index contributed by atoms with van der Waals surface area (Å²) in [6.07, 6.45) is 0.424. The lowest BCUT2D eigenvalue weighted by molar-refractivity contribution is 0.108. The molecule has 0 aromatic heterocycles. The van der Waals surface area contributed by atoms with Crippen LogP contribution in [0.3, 0.4) is 0 Å². The average Bonchev–Trinajstić information content (AvgIpc) is 2.46. The predicted molar refractivity (Wildman–Crippen MR) is 72.7 cm³/mol. The summed E-state index contributed by atoms with van der Waals surface area (Å²) in [4.78, 5) is 0. The van der Waals surface area contributed by atoms with E-state index in [-0.39, 0.29) is 6.61 Å². The third kappa shape index (κ3) is 3.34. The minimum Gasteiger partial charge on any atom is -0.491 e. The standard InChI is InChI=1S/C16H18O2/c1-2-13-8-10-14(11-9-13)16(17)12-18-15-6-4-3-5-7-15/h3-11,16-17H,2,12H2,1H3. The maximum Gasteiger partial charge on any atom is 0.119 e. The molecule has 1 unspecified atom stereocenters. The van der Waals surface area contributed by atoms with Crippen LogP contribution in [0.1, 0.15) is 24.2 Å². The normalized spacial score (nSPS) is 12.1. The second kappa shape index (κ2) is 6.22. The van der Waals surface area contributed by atoms with Crippen molar-refractivity contribution < 1.29 is 9.84 Å². The van der Waals surface area contributed by atoms with Crippen molar-refractivity contribution in [3.05, 3.63) is 65.7 Å². The van der Waals surface area contributed by atoms with Crippen LogP contribution in [0.25, 0.3) is 0 Å². The van der Waals surface area contributed by atoms with E-state index < -0.39 is 6.10 Å². The molecule has 94 valence electrons. The van der Waals surface area contributed by atoms with E-state index in [1.807, 2.05) is 54.6 Å². The van der Waals surface area contributed by atoms with Gasteiger partial charge in [0.25, 0.3) is 0 Å². The van der Waals surface area contributed by atoms with Crippen LogP contribution in [0.4, 0.5) is 0 Å². The third-order valence-corrected chi connectivity index (χ3v) is 2.92. The molecule has 18 heavy (non-hydrogen) atoms. The first-order valence-electron chi connectivity index (χ1n) is 6.24. The Kier molecular flexibility index (Phi) is 4.37. The number of aryl methyl sites for hydroxylation is 1. The van der Waals surface area contributed by atoms with Crippen molar-refractivity contribution in [2.75, 3.05) is 6.61 Å². The lowest BCUT2D eigenvalue weighted by atomic mass is 10.1. The molecule has 2 heteroatoms. The molecule has 0 radical (unpaired) electrons. The number of rotatable bonds is 5. The van der Waals surface area contributed by atoms with Gasteiger partial charge in [-0.15, -0.1) is 0 Å². The molecule has 2 nitrogen and oxygen atoms in total. The second-order valence-electron chi connectivity index (χ2n) is 4.23. The van der Waals surface area contributed by atoms with Gasteiger partial charge in [-0.05, 0) is 29.7 Å². The van der Waals surface area contributed by atoms with Gasteiger partial charge in [-0.1, -0.05) is 49.4 Å². The van der Waals surface area contributed by atoms with Gasteiger partial charge >= 0.3 is 0 Å². The maximum absolute atomic E-state index is 10.0. The summed E-state index contributed by atoms with van der Waals surface area (Å²) >= 11 is 0. The van der Waals surface area contributed by atoms with Crippen molar-refractivity contribution in [3.8, 4) is 5.75 Å². The molecule has 1 atom stereocenters. The van der Waals surface area contributed by atoms with Crippen molar-refractivity contribution in [3.63, 3.8) is 0 Å². The topological polar surface area (TPSA) is 29.5 Å². The largest absolute Gasteiger partial charge is 0.491 e. The molecule has 0 saturated heterocycles. The number of hydrogen-bond donors (Lipinski definition) is 1. The van der Waals surface area contributed by atoms with E-state index in [1.54, 1.807) is 0 Å². The predicted octanol–water partition coefficient (Wildman–Crippen LogP) is 3.36. The van der Waals surface area contributed by atoms with E-state index in [2.05, 4.69) is 6.92 Å². The Labute approximate surface area is 108 Å². The van der Waals surface area contributed by atoms with Crippen LogP contribution in [0.15, 0.2) is 54.6 Å². The molecule has 0 amide bonds. The van der Waals surface area contributed by atoms with Gasteiger partial charge < -0.3 is 9.84 Å². The molecular formula is C16H18O2. The molecule has 0 fully saturated rings. The second-order valence-corrected chi connectivity index (χ2v) is 4.23. The zero-order valence-corrected chi connectivity index (χ0v) is 10.5. The fraction of sp³-hybridized carbons (Fsp3) is 0.250. The summed E-state index contributed by atoms with van der Waals surface area (Å²) in [5.41, 5.74) is 2.16. The Balaban J connectivity index is 1.93. The van der Waals surface area contributed by atoms with Crippen LogP contribution in [-0.4, -0.2) is 11.7 Å². The number of para-hydroxylation sites is 1. The summed E-state index contributed by atoms with van der Waals surface area (Å²) in [5, 5.41) is 10.0. The van der Waals surface area contributed by atoms with Crippen LogP contribution in [0.5, 0.6) is 5.75 Å². The molecule has 2 rings (SSSR count). The summed E-state index contributed by atoms with van der Waals surface area (Å²) in [6.45, 7) is 2.39. The highest BCUT2D eigenvalue weighted by atomic mass is 16.5. The molecule has 2 aromatic carbocycles. The molecule has 0 saturated carbocycles. The molecule has 0 aliphatic rings. The quantitative estimate of drug-likeness (QED) is 0.871. The number of ether oxygens (including phenoxy) is 1. The van der Waals surface area contributed by atoms with Crippen LogP contribution in [0.2, 0.25) is 0 Å². The van der Waals surface area contributed by atoms with E-state index in [4.69, 9.17) is 4.74 Å². The fourth-order valence-corrected chi connectivity index (χ4v) is 1.76. The van der Waals surface area contributed by atoms with Gasteiger partial charge in [0.2, 0.25) is 0 Å². The molecule has 0 aliphatic heterocycles. The van der Waals surface area contributed by atoms with Crippen molar-refractivity contribution in [2.24, 2.45) is 0 Å². The molecule has 0 aliphatic carbocycles. The van der Waals surface area contributed by atoms with Gasteiger partial charge in [0, 0.05) is 0 Å². The molecular weight excluding hydrogens is 224 g/mol. The first kappa shape index (κ1) is 12.7. The Morgan fingerprint density at radius 3 is 2.28 bits per heavy atom. The number of hydrogen-bond acceptors (Lipinski definition) is 2. The van der Waals surface area contributed by atoms with Gasteiger partial charge in [-0.25, -0.2) is 0 Å². The SMILES string of the molecule is CCc1ccc(C(O)COc2ccccc2)cc1. The summed E-state index contributed by atoms with van der Waals surface area (Å²) < 4.78 is 5.53. The number of aliphatic hydroxyl groups is 1. The molecule has 0 heterocycles. The van der Waals surface area contributed by atoms with E-state index in [1.165, 1.54) is 5.56 Å². The molecule has 0 bridgehead atoms. The monoisotopic (exact) mass is 242 g/mol. The van der Waals surface area contributed by atoms with E-state index in [9.17, 15) is 5.11 Å². The van der Waals surface area contributed by atoms with E-state index in [0.717, 1.165) is 17.7 Å². The van der Waals surface area contributed by atoms with Gasteiger partial charge in [-0.2, -0.15) is 0 Å². The lowest BCUT2D eigenvalue weighted by Gasteiger charge is -2.13. The molecule has 2 aromatic rings. The van der Waals surface area contributed by atoms with Crippen LogP contribution >= 0.6 is 0 Å². The van der Waals surface area contributed by atoms with Crippen molar-refractivity contribution in [2.45, 2.75) is 19.4 Å². The lowest BCUT2D eigenvalue weighted by Crippen LogP contribution is -2.09. The van der Waals surface area contributed by atoms with Crippen molar-refractivity contribution >= 4 is 0 Å². The smallest absolute Gasteiger partial charge is 0.119 e. The molecule has 1 N–H and O–H groups in total. The van der Waals surface area contributed by atoms with E-state index in [0.29, 0.717) is 0 Å². The van der Waals surface area contributed by atoms with Crippen LogP contribution < -0.4 is 4.74 Å². The molecule has 0 spiro atoms. The first-order valence-corrected chi connectivity index (χ1v) is 6.24. The highest BCUT2D eigenvalue weighted by molar-refractivity contribution is 5.25. The average molecular weight is 242 g/mol. The Bertz CT molecular complexity index is 462. The minimum absolute atomic E-state index is 0.273. The van der Waals surface area contributed by atoms with E-state index >= 15 is 0 Å². The Morgan fingerprint density at radius 1 is 1.00 bits per heavy atom. The Morgan fingerprint density at radius 2 is 1.67 bits per heavy atom. The Hall–Kier alpha value is -1.80. The van der Waals surface area contributed by atoms with Gasteiger partial charge in [0.15, 0.2) is 0 Å². The van der Waals surface area contributed by atoms with Gasteiger partial charge in [0.05, 0.1) is 0 Å². The summed E-state index contributed by atoms with van der Waals surface area (Å²) in [6, 6.07) is 17.5. The van der Waals surface area contributed by atoms with Crippen molar-refractivity contribution in [1.82, 2.24) is 0 Å².